The number of alkyl halides is 3. The molecule has 0 amide bonds. The van der Waals surface area contributed by atoms with Crippen molar-refractivity contribution in [1.82, 2.24) is 19.6 Å². The van der Waals surface area contributed by atoms with Crippen molar-refractivity contribution in [3.63, 3.8) is 0 Å². The second-order valence-electron chi connectivity index (χ2n) is 4.22. The molecule has 0 unspecified atom stereocenters. The van der Waals surface area contributed by atoms with Crippen molar-refractivity contribution in [2.45, 2.75) is 6.18 Å². The summed E-state index contributed by atoms with van der Waals surface area (Å²) in [5, 5.41) is 4.10. The van der Waals surface area contributed by atoms with Gasteiger partial charge in [-0.25, -0.2) is 9.50 Å². The van der Waals surface area contributed by atoms with Gasteiger partial charge in [-0.15, -0.1) is 5.10 Å². The summed E-state index contributed by atoms with van der Waals surface area (Å²) in [7, 11) is 1.54. The Kier molecular flexibility index (Phi) is 3.00. The van der Waals surface area contributed by atoms with E-state index in [-0.39, 0.29) is 5.78 Å². The van der Waals surface area contributed by atoms with E-state index in [9.17, 15) is 13.2 Å². The maximum Gasteiger partial charge on any atom is 0.433 e. The van der Waals surface area contributed by atoms with Gasteiger partial charge in [0.15, 0.2) is 5.82 Å². The zero-order chi connectivity index (χ0) is 15.0. The number of hydrogen-bond acceptors (Lipinski definition) is 4. The molecule has 5 nitrogen and oxygen atoms in total. The Hall–Kier alpha value is -2.64. The fraction of sp³-hybridized carbons (Fsp3) is 0.154. The van der Waals surface area contributed by atoms with Crippen molar-refractivity contribution >= 4 is 5.78 Å². The van der Waals surface area contributed by atoms with Gasteiger partial charge in [0.05, 0.1) is 7.11 Å². The predicted octanol–water partition coefficient (Wildman–Crippen LogP) is 2.82. The topological polar surface area (TPSA) is 52.3 Å². The van der Waals surface area contributed by atoms with Crippen LogP contribution in [-0.2, 0) is 6.18 Å². The quantitative estimate of drug-likeness (QED) is 0.729. The van der Waals surface area contributed by atoms with E-state index in [2.05, 4.69) is 15.1 Å². The van der Waals surface area contributed by atoms with Crippen LogP contribution in [0.5, 0.6) is 5.75 Å². The van der Waals surface area contributed by atoms with E-state index in [0.29, 0.717) is 17.1 Å². The molecule has 3 rings (SSSR count). The largest absolute Gasteiger partial charge is 0.497 e. The zero-order valence-corrected chi connectivity index (χ0v) is 10.8. The number of methoxy groups -OCH3 is 1. The molecule has 2 heterocycles. The smallest absolute Gasteiger partial charge is 0.433 e. The van der Waals surface area contributed by atoms with Crippen LogP contribution in [0.3, 0.4) is 0 Å². The summed E-state index contributed by atoms with van der Waals surface area (Å²) >= 11 is 0. The van der Waals surface area contributed by atoms with Gasteiger partial charge in [-0.1, -0.05) is 0 Å². The third kappa shape index (κ3) is 2.51. The van der Waals surface area contributed by atoms with E-state index in [0.717, 1.165) is 6.07 Å². The summed E-state index contributed by atoms with van der Waals surface area (Å²) in [4.78, 5) is 7.48. The molecule has 1 aromatic carbocycles. The van der Waals surface area contributed by atoms with Crippen molar-refractivity contribution in [3.05, 3.63) is 42.2 Å². The summed E-state index contributed by atoms with van der Waals surface area (Å²) in [5.41, 5.74) is -0.335. The number of halogens is 3. The molecular formula is C13H9F3N4O. The van der Waals surface area contributed by atoms with Crippen LogP contribution in [0.15, 0.2) is 36.5 Å². The predicted molar refractivity (Wildman–Crippen MR) is 67.8 cm³/mol. The minimum atomic E-state index is -4.51. The molecule has 21 heavy (non-hydrogen) atoms. The number of aromatic nitrogens is 4. The molecular weight excluding hydrogens is 285 g/mol. The van der Waals surface area contributed by atoms with Crippen LogP contribution in [-0.4, -0.2) is 26.7 Å². The second kappa shape index (κ2) is 4.72. The molecule has 0 saturated carbocycles. The number of nitrogens with zero attached hydrogens (tertiary/aromatic N) is 4. The Labute approximate surface area is 117 Å². The number of benzene rings is 1. The highest BCUT2D eigenvalue weighted by Crippen LogP contribution is 2.27. The first kappa shape index (κ1) is 13.3. The van der Waals surface area contributed by atoms with Gasteiger partial charge in [0.1, 0.15) is 11.4 Å². The molecule has 0 radical (unpaired) electrons. The van der Waals surface area contributed by atoms with Crippen molar-refractivity contribution < 1.29 is 17.9 Å². The maximum atomic E-state index is 12.6. The van der Waals surface area contributed by atoms with E-state index < -0.39 is 11.9 Å². The molecule has 0 aliphatic carbocycles. The summed E-state index contributed by atoms with van der Waals surface area (Å²) in [6, 6.07) is 7.74. The Bertz CT molecular complexity index is 780. The highest BCUT2D eigenvalue weighted by molar-refractivity contribution is 5.58. The fourth-order valence-corrected chi connectivity index (χ4v) is 1.80. The fourth-order valence-electron chi connectivity index (χ4n) is 1.80. The van der Waals surface area contributed by atoms with Gasteiger partial charge in [-0.3, -0.25) is 0 Å². The number of ether oxygens (including phenoxy) is 1. The van der Waals surface area contributed by atoms with Crippen LogP contribution in [0.1, 0.15) is 5.69 Å². The highest BCUT2D eigenvalue weighted by Gasteiger charge is 2.33. The third-order valence-electron chi connectivity index (χ3n) is 2.85. The molecule has 0 atom stereocenters. The van der Waals surface area contributed by atoms with Crippen molar-refractivity contribution in [1.29, 1.82) is 0 Å². The van der Waals surface area contributed by atoms with Crippen LogP contribution < -0.4 is 4.74 Å². The monoisotopic (exact) mass is 294 g/mol. The molecule has 0 fully saturated rings. The molecule has 3 aromatic rings. The first-order valence-corrected chi connectivity index (χ1v) is 5.92. The van der Waals surface area contributed by atoms with Crippen molar-refractivity contribution in [3.8, 4) is 17.1 Å². The standard InChI is InChI=1S/C13H9F3N4O/c1-21-9-4-2-8(3-5-9)11-18-12-17-10(13(14,15)16)6-7-20(12)19-11/h2-7H,1H3. The molecule has 0 bridgehead atoms. The lowest BCUT2D eigenvalue weighted by molar-refractivity contribution is -0.141. The van der Waals surface area contributed by atoms with Gasteiger partial charge in [-0.2, -0.15) is 18.2 Å². The average Bonchev–Trinajstić information content (AvgIpc) is 2.89. The summed E-state index contributed by atoms with van der Waals surface area (Å²) < 4.78 is 44.0. The van der Waals surface area contributed by atoms with E-state index in [1.165, 1.54) is 10.7 Å². The van der Waals surface area contributed by atoms with Gasteiger partial charge in [0.2, 0.25) is 0 Å². The highest BCUT2D eigenvalue weighted by atomic mass is 19.4. The first-order chi connectivity index (χ1) is 9.97. The second-order valence-corrected chi connectivity index (χ2v) is 4.22. The Morgan fingerprint density at radius 3 is 2.38 bits per heavy atom. The third-order valence-corrected chi connectivity index (χ3v) is 2.85. The summed E-state index contributed by atoms with van der Waals surface area (Å²) in [6.07, 6.45) is -3.32. The van der Waals surface area contributed by atoms with Crippen LogP contribution in [0.4, 0.5) is 13.2 Å². The first-order valence-electron chi connectivity index (χ1n) is 5.92. The molecule has 0 saturated heterocycles. The van der Waals surface area contributed by atoms with Gasteiger partial charge in [0, 0.05) is 11.8 Å². The van der Waals surface area contributed by atoms with Crippen LogP contribution in [0.25, 0.3) is 17.2 Å². The van der Waals surface area contributed by atoms with Crippen molar-refractivity contribution in [2.75, 3.05) is 7.11 Å². The minimum Gasteiger partial charge on any atom is -0.497 e. The van der Waals surface area contributed by atoms with Gasteiger partial charge in [-0.05, 0) is 30.3 Å². The van der Waals surface area contributed by atoms with E-state index in [1.807, 2.05) is 0 Å². The average molecular weight is 294 g/mol. The number of rotatable bonds is 2. The summed E-state index contributed by atoms with van der Waals surface area (Å²) in [5.74, 6) is 0.861. The van der Waals surface area contributed by atoms with Crippen LogP contribution >= 0.6 is 0 Å². The summed E-state index contributed by atoms with van der Waals surface area (Å²) in [6.45, 7) is 0. The lowest BCUT2D eigenvalue weighted by Crippen LogP contribution is -2.09. The number of fused-ring (bicyclic) bond motifs is 1. The van der Waals surface area contributed by atoms with Crippen molar-refractivity contribution in [2.24, 2.45) is 0 Å². The zero-order valence-electron chi connectivity index (χ0n) is 10.8. The van der Waals surface area contributed by atoms with E-state index in [4.69, 9.17) is 4.74 Å². The Balaban J connectivity index is 2.04. The van der Waals surface area contributed by atoms with Gasteiger partial charge in [0.25, 0.3) is 5.78 Å². The maximum absolute atomic E-state index is 12.6. The normalized spacial score (nSPS) is 11.8. The molecule has 0 aliphatic heterocycles. The van der Waals surface area contributed by atoms with Gasteiger partial charge < -0.3 is 4.74 Å². The van der Waals surface area contributed by atoms with Crippen LogP contribution in [0.2, 0.25) is 0 Å². The molecule has 0 spiro atoms. The molecule has 0 N–H and O–H groups in total. The lowest BCUT2D eigenvalue weighted by Gasteiger charge is -2.03. The van der Waals surface area contributed by atoms with E-state index in [1.54, 1.807) is 31.4 Å². The Morgan fingerprint density at radius 2 is 1.76 bits per heavy atom. The Morgan fingerprint density at radius 1 is 1.05 bits per heavy atom. The van der Waals surface area contributed by atoms with Gasteiger partial charge >= 0.3 is 6.18 Å². The molecule has 108 valence electrons. The molecule has 0 aliphatic rings. The minimum absolute atomic E-state index is 0.101. The lowest BCUT2D eigenvalue weighted by atomic mass is 10.2. The molecule has 8 heteroatoms. The van der Waals surface area contributed by atoms with Crippen LogP contribution in [0, 0.1) is 0 Å². The number of hydrogen-bond donors (Lipinski definition) is 0. The SMILES string of the molecule is COc1ccc(-c2nc3nc(C(F)(F)F)ccn3n2)cc1. The van der Waals surface area contributed by atoms with E-state index >= 15 is 0 Å². The molecule has 2 aromatic heterocycles.